The molecule has 0 bridgehead atoms. The molecule has 0 atom stereocenters. The monoisotopic (exact) mass is 199 g/mol. The highest BCUT2D eigenvalue weighted by Gasteiger charge is 1.96. The first-order valence-corrected chi connectivity index (χ1v) is 5.00. The smallest absolute Gasteiger partial charge is 0.143 e. The Morgan fingerprint density at radius 2 is 2.38 bits per heavy atom. The molecule has 1 aromatic heterocycles. The molecular weight excluding hydrogens is 186 g/mol. The molecule has 1 heterocycles. The van der Waals surface area contributed by atoms with Crippen LogP contribution in [0.3, 0.4) is 0 Å². The number of ether oxygens (including phenoxy) is 1. The zero-order valence-electron chi connectivity index (χ0n) is 7.56. The number of hydrogen-bond acceptors (Lipinski definition) is 5. The molecule has 0 radical (unpaired) electrons. The summed E-state index contributed by atoms with van der Waals surface area (Å²) in [7, 11) is 1.70. The van der Waals surface area contributed by atoms with Crippen molar-refractivity contribution in [2.24, 2.45) is 0 Å². The molecule has 0 saturated heterocycles. The number of aromatic nitrogens is 2. The summed E-state index contributed by atoms with van der Waals surface area (Å²) < 4.78 is 4.93. The molecule has 0 unspecified atom stereocenters. The van der Waals surface area contributed by atoms with Crippen LogP contribution in [0.4, 0.5) is 5.82 Å². The number of thioether (sulfide) groups is 1. The van der Waals surface area contributed by atoms with Crippen molar-refractivity contribution in [3.63, 3.8) is 0 Å². The molecule has 0 saturated carbocycles. The molecule has 72 valence electrons. The summed E-state index contributed by atoms with van der Waals surface area (Å²) in [5.41, 5.74) is 5.48. The zero-order chi connectivity index (χ0) is 9.52. The third-order valence-electron chi connectivity index (χ3n) is 1.37. The van der Waals surface area contributed by atoms with E-state index in [1.54, 1.807) is 31.3 Å². The number of nitrogen functional groups attached to an aromatic ring is 1. The van der Waals surface area contributed by atoms with E-state index in [1.807, 2.05) is 0 Å². The van der Waals surface area contributed by atoms with Crippen molar-refractivity contribution in [1.29, 1.82) is 0 Å². The summed E-state index contributed by atoms with van der Waals surface area (Å²) in [5.74, 6) is 1.45. The van der Waals surface area contributed by atoms with Gasteiger partial charge in [0.1, 0.15) is 10.8 Å². The number of anilines is 1. The van der Waals surface area contributed by atoms with Gasteiger partial charge in [-0.2, -0.15) is 0 Å². The first kappa shape index (κ1) is 10.3. The van der Waals surface area contributed by atoms with Crippen molar-refractivity contribution in [1.82, 2.24) is 9.97 Å². The molecule has 0 amide bonds. The van der Waals surface area contributed by atoms with Crippen LogP contribution in [0.15, 0.2) is 17.4 Å². The molecule has 2 N–H and O–H groups in total. The first-order valence-electron chi connectivity index (χ1n) is 4.02. The highest BCUT2D eigenvalue weighted by atomic mass is 32.2. The molecule has 5 heteroatoms. The van der Waals surface area contributed by atoms with Gasteiger partial charge in [-0.05, 0) is 6.42 Å². The predicted molar refractivity (Wildman–Crippen MR) is 53.7 cm³/mol. The minimum absolute atomic E-state index is 0.469. The van der Waals surface area contributed by atoms with Crippen molar-refractivity contribution in [3.05, 3.63) is 12.4 Å². The highest BCUT2D eigenvalue weighted by molar-refractivity contribution is 7.99. The molecule has 0 fully saturated rings. The zero-order valence-corrected chi connectivity index (χ0v) is 8.38. The predicted octanol–water partition coefficient (Wildman–Crippen LogP) is 1.19. The van der Waals surface area contributed by atoms with Gasteiger partial charge in [0.15, 0.2) is 0 Å². The van der Waals surface area contributed by atoms with Crippen molar-refractivity contribution in [2.45, 2.75) is 11.4 Å². The largest absolute Gasteiger partial charge is 0.385 e. The maximum absolute atomic E-state index is 5.48. The Balaban J connectivity index is 2.28. The van der Waals surface area contributed by atoms with Crippen molar-refractivity contribution in [3.8, 4) is 0 Å². The van der Waals surface area contributed by atoms with Gasteiger partial charge in [0.2, 0.25) is 0 Å². The molecule has 1 rings (SSSR count). The van der Waals surface area contributed by atoms with Gasteiger partial charge in [0, 0.05) is 19.5 Å². The van der Waals surface area contributed by atoms with Gasteiger partial charge in [-0.15, -0.1) is 11.8 Å². The van der Waals surface area contributed by atoms with E-state index < -0.39 is 0 Å². The van der Waals surface area contributed by atoms with E-state index in [9.17, 15) is 0 Å². The second-order valence-electron chi connectivity index (χ2n) is 2.48. The summed E-state index contributed by atoms with van der Waals surface area (Å²) in [6, 6.07) is 0. The average molecular weight is 199 g/mol. The van der Waals surface area contributed by atoms with Crippen LogP contribution in [0.5, 0.6) is 0 Å². The minimum atomic E-state index is 0.469. The first-order chi connectivity index (χ1) is 6.33. The van der Waals surface area contributed by atoms with Crippen molar-refractivity contribution < 1.29 is 4.74 Å². The van der Waals surface area contributed by atoms with Crippen LogP contribution in [-0.2, 0) is 4.74 Å². The Kier molecular flexibility index (Phi) is 4.56. The normalized spacial score (nSPS) is 10.2. The molecule has 0 spiro atoms. The Bertz CT molecular complexity index is 257. The summed E-state index contributed by atoms with van der Waals surface area (Å²) in [5, 5.41) is 0.871. The SMILES string of the molecule is COCCCSc1cncc(N)n1. The van der Waals surface area contributed by atoms with Gasteiger partial charge in [-0.25, -0.2) is 4.98 Å². The third kappa shape index (κ3) is 4.10. The lowest BCUT2D eigenvalue weighted by molar-refractivity contribution is 0.200. The molecule has 13 heavy (non-hydrogen) atoms. The summed E-state index contributed by atoms with van der Waals surface area (Å²) in [6.45, 7) is 0.781. The quantitative estimate of drug-likeness (QED) is 0.570. The highest BCUT2D eigenvalue weighted by Crippen LogP contribution is 2.15. The van der Waals surface area contributed by atoms with E-state index in [0.29, 0.717) is 5.82 Å². The lowest BCUT2D eigenvalue weighted by Gasteiger charge is -2.00. The number of rotatable bonds is 5. The van der Waals surface area contributed by atoms with E-state index in [1.165, 1.54) is 0 Å². The topological polar surface area (TPSA) is 61.0 Å². The van der Waals surface area contributed by atoms with Crippen molar-refractivity contribution >= 4 is 17.6 Å². The van der Waals surface area contributed by atoms with E-state index in [2.05, 4.69) is 9.97 Å². The second kappa shape index (κ2) is 5.77. The maximum atomic E-state index is 5.48. The van der Waals surface area contributed by atoms with Gasteiger partial charge in [0.25, 0.3) is 0 Å². The third-order valence-corrected chi connectivity index (χ3v) is 2.36. The van der Waals surface area contributed by atoms with E-state index in [0.717, 1.165) is 23.8 Å². The van der Waals surface area contributed by atoms with Crippen LogP contribution in [-0.4, -0.2) is 29.4 Å². The maximum Gasteiger partial charge on any atom is 0.143 e. The molecule has 0 aliphatic carbocycles. The van der Waals surface area contributed by atoms with Gasteiger partial charge >= 0.3 is 0 Å². The van der Waals surface area contributed by atoms with Gasteiger partial charge in [0.05, 0.1) is 12.4 Å². The van der Waals surface area contributed by atoms with Crippen LogP contribution in [0.2, 0.25) is 0 Å². The van der Waals surface area contributed by atoms with Gasteiger partial charge < -0.3 is 10.5 Å². The summed E-state index contributed by atoms with van der Waals surface area (Å²) in [4.78, 5) is 8.05. The summed E-state index contributed by atoms with van der Waals surface area (Å²) >= 11 is 1.64. The number of methoxy groups -OCH3 is 1. The fourth-order valence-electron chi connectivity index (χ4n) is 0.812. The molecule has 0 aliphatic heterocycles. The molecule has 0 aromatic carbocycles. The number of hydrogen-bond donors (Lipinski definition) is 1. The van der Waals surface area contributed by atoms with Gasteiger partial charge in [-0.3, -0.25) is 4.98 Å². The Morgan fingerprint density at radius 1 is 1.54 bits per heavy atom. The van der Waals surface area contributed by atoms with Crippen LogP contribution in [0, 0.1) is 0 Å². The Labute approximate surface area is 81.9 Å². The fourth-order valence-corrected chi connectivity index (χ4v) is 1.59. The molecule has 0 aliphatic rings. The second-order valence-corrected chi connectivity index (χ2v) is 3.59. The van der Waals surface area contributed by atoms with Crippen molar-refractivity contribution in [2.75, 3.05) is 25.2 Å². The fraction of sp³-hybridized carbons (Fsp3) is 0.500. The number of nitrogens with two attached hydrogens (primary N) is 1. The molecular formula is C8H13N3OS. The standard InChI is InChI=1S/C8H13N3OS/c1-12-3-2-4-13-8-6-10-5-7(9)11-8/h5-6H,2-4H2,1H3,(H2,9,11). The number of nitrogens with zero attached hydrogens (tertiary/aromatic N) is 2. The Morgan fingerprint density at radius 3 is 3.08 bits per heavy atom. The van der Waals surface area contributed by atoms with Crippen LogP contribution < -0.4 is 5.73 Å². The van der Waals surface area contributed by atoms with E-state index >= 15 is 0 Å². The minimum Gasteiger partial charge on any atom is -0.385 e. The molecule has 4 nitrogen and oxygen atoms in total. The Hall–Kier alpha value is -0.810. The lowest BCUT2D eigenvalue weighted by Crippen LogP contribution is -1.94. The lowest BCUT2D eigenvalue weighted by atomic mass is 10.5. The average Bonchev–Trinajstić information content (AvgIpc) is 2.13. The molecule has 1 aromatic rings. The van der Waals surface area contributed by atoms with Crippen LogP contribution in [0.25, 0.3) is 0 Å². The van der Waals surface area contributed by atoms with Gasteiger partial charge in [-0.1, -0.05) is 0 Å². The van der Waals surface area contributed by atoms with Crippen LogP contribution >= 0.6 is 11.8 Å². The van der Waals surface area contributed by atoms with E-state index in [4.69, 9.17) is 10.5 Å². The summed E-state index contributed by atoms with van der Waals surface area (Å²) in [6.07, 6.45) is 4.27. The van der Waals surface area contributed by atoms with E-state index in [-0.39, 0.29) is 0 Å². The van der Waals surface area contributed by atoms with Crippen LogP contribution in [0.1, 0.15) is 6.42 Å².